The molecule has 5 heteroatoms. The SMILES string of the molecule is NC1Cc2ccccc2N(C(=O)c2ccc(F)cn2)C1. The van der Waals surface area contributed by atoms with Crippen LogP contribution in [0.4, 0.5) is 10.1 Å². The Morgan fingerprint density at radius 1 is 1.30 bits per heavy atom. The first-order valence-corrected chi connectivity index (χ1v) is 6.42. The highest BCUT2D eigenvalue weighted by molar-refractivity contribution is 6.05. The van der Waals surface area contributed by atoms with Gasteiger partial charge in [0, 0.05) is 18.3 Å². The van der Waals surface area contributed by atoms with Gasteiger partial charge < -0.3 is 10.6 Å². The summed E-state index contributed by atoms with van der Waals surface area (Å²) in [6.07, 6.45) is 1.79. The molecule has 1 amide bonds. The number of fused-ring (bicyclic) bond motifs is 1. The van der Waals surface area contributed by atoms with Gasteiger partial charge in [0.05, 0.1) is 6.20 Å². The van der Waals surface area contributed by atoms with Crippen LogP contribution in [0.2, 0.25) is 0 Å². The maximum absolute atomic E-state index is 12.9. The molecule has 1 aromatic carbocycles. The number of carbonyl (C=O) groups is 1. The van der Waals surface area contributed by atoms with Crippen molar-refractivity contribution in [1.82, 2.24) is 4.98 Å². The molecule has 2 aromatic rings. The fraction of sp³-hybridized carbons (Fsp3) is 0.200. The first kappa shape index (κ1) is 12.7. The van der Waals surface area contributed by atoms with Crippen molar-refractivity contribution in [2.24, 2.45) is 5.73 Å². The number of nitrogens with two attached hydrogens (primary N) is 1. The molecule has 1 atom stereocenters. The third-order valence-electron chi connectivity index (χ3n) is 3.37. The summed E-state index contributed by atoms with van der Waals surface area (Å²) >= 11 is 0. The van der Waals surface area contributed by atoms with E-state index in [0.717, 1.165) is 23.9 Å². The van der Waals surface area contributed by atoms with Crippen molar-refractivity contribution in [3.63, 3.8) is 0 Å². The second-order valence-electron chi connectivity index (χ2n) is 4.87. The summed E-state index contributed by atoms with van der Waals surface area (Å²) in [5.74, 6) is -0.718. The summed E-state index contributed by atoms with van der Waals surface area (Å²) in [6, 6.07) is 10.2. The van der Waals surface area contributed by atoms with Gasteiger partial charge in [0.2, 0.25) is 0 Å². The Morgan fingerprint density at radius 3 is 2.85 bits per heavy atom. The van der Waals surface area contributed by atoms with E-state index in [9.17, 15) is 9.18 Å². The van der Waals surface area contributed by atoms with Gasteiger partial charge in [-0.05, 0) is 30.2 Å². The van der Waals surface area contributed by atoms with Crippen LogP contribution >= 0.6 is 0 Å². The molecule has 0 saturated carbocycles. The largest absolute Gasteiger partial charge is 0.326 e. The van der Waals surface area contributed by atoms with Crippen LogP contribution in [0.3, 0.4) is 0 Å². The lowest BCUT2D eigenvalue weighted by atomic mass is 9.98. The Labute approximate surface area is 116 Å². The summed E-state index contributed by atoms with van der Waals surface area (Å²) < 4.78 is 12.9. The number of hydrogen-bond donors (Lipinski definition) is 1. The molecule has 20 heavy (non-hydrogen) atoms. The lowest BCUT2D eigenvalue weighted by molar-refractivity contribution is 0.0978. The third-order valence-corrected chi connectivity index (χ3v) is 3.37. The molecule has 1 aliphatic heterocycles. The number of hydrogen-bond acceptors (Lipinski definition) is 3. The van der Waals surface area contributed by atoms with Crippen molar-refractivity contribution in [3.05, 3.63) is 59.7 Å². The second-order valence-corrected chi connectivity index (χ2v) is 4.87. The highest BCUT2D eigenvalue weighted by Gasteiger charge is 2.27. The molecule has 1 aliphatic rings. The van der Waals surface area contributed by atoms with Crippen molar-refractivity contribution in [2.45, 2.75) is 12.5 Å². The van der Waals surface area contributed by atoms with E-state index in [-0.39, 0.29) is 17.6 Å². The quantitative estimate of drug-likeness (QED) is 0.859. The van der Waals surface area contributed by atoms with Gasteiger partial charge in [-0.2, -0.15) is 0 Å². The molecule has 4 nitrogen and oxygen atoms in total. The summed E-state index contributed by atoms with van der Waals surface area (Å²) in [6.45, 7) is 0.439. The standard InChI is InChI=1S/C15H14FN3O/c16-11-5-6-13(18-8-11)15(20)19-9-12(17)7-10-3-1-2-4-14(10)19/h1-6,8,12H,7,9,17H2. The zero-order valence-electron chi connectivity index (χ0n) is 10.8. The maximum atomic E-state index is 12.9. The van der Waals surface area contributed by atoms with Gasteiger partial charge in [-0.25, -0.2) is 9.37 Å². The van der Waals surface area contributed by atoms with E-state index < -0.39 is 5.82 Å². The number of anilines is 1. The van der Waals surface area contributed by atoms with Crippen molar-refractivity contribution < 1.29 is 9.18 Å². The van der Waals surface area contributed by atoms with Crippen molar-refractivity contribution in [1.29, 1.82) is 0 Å². The van der Waals surface area contributed by atoms with Crippen molar-refractivity contribution in [3.8, 4) is 0 Å². The maximum Gasteiger partial charge on any atom is 0.276 e. The highest BCUT2D eigenvalue weighted by Crippen LogP contribution is 2.27. The van der Waals surface area contributed by atoms with Crippen molar-refractivity contribution >= 4 is 11.6 Å². The minimum absolute atomic E-state index is 0.103. The number of carbonyl (C=O) groups excluding carboxylic acids is 1. The first-order valence-electron chi connectivity index (χ1n) is 6.42. The van der Waals surface area contributed by atoms with Gasteiger partial charge in [0.15, 0.2) is 0 Å². The fourth-order valence-electron chi connectivity index (χ4n) is 2.46. The van der Waals surface area contributed by atoms with Crippen LogP contribution in [0, 0.1) is 5.82 Å². The van der Waals surface area contributed by atoms with Crippen LogP contribution in [0.5, 0.6) is 0 Å². The highest BCUT2D eigenvalue weighted by atomic mass is 19.1. The molecule has 0 radical (unpaired) electrons. The number of benzene rings is 1. The average Bonchev–Trinajstić information content (AvgIpc) is 2.46. The van der Waals surface area contributed by atoms with Gasteiger partial charge in [0.25, 0.3) is 5.91 Å². The monoisotopic (exact) mass is 271 g/mol. The molecular weight excluding hydrogens is 257 g/mol. The first-order chi connectivity index (χ1) is 9.65. The van der Waals surface area contributed by atoms with Crippen LogP contribution in [-0.4, -0.2) is 23.5 Å². The van der Waals surface area contributed by atoms with E-state index in [4.69, 9.17) is 5.73 Å². The Hall–Kier alpha value is -2.27. The van der Waals surface area contributed by atoms with Crippen LogP contribution in [0.25, 0.3) is 0 Å². The molecule has 0 spiro atoms. The fourth-order valence-corrected chi connectivity index (χ4v) is 2.46. The molecule has 3 rings (SSSR count). The molecular formula is C15H14FN3O. The summed E-state index contributed by atoms with van der Waals surface area (Å²) in [5.41, 5.74) is 8.12. The minimum Gasteiger partial charge on any atom is -0.326 e. The number of amides is 1. The minimum atomic E-state index is -0.461. The van der Waals surface area contributed by atoms with Gasteiger partial charge in [-0.1, -0.05) is 18.2 Å². The van der Waals surface area contributed by atoms with Gasteiger partial charge >= 0.3 is 0 Å². The van der Waals surface area contributed by atoms with E-state index in [1.807, 2.05) is 24.3 Å². The molecule has 2 N–H and O–H groups in total. The van der Waals surface area contributed by atoms with Crippen LogP contribution in [0.1, 0.15) is 16.1 Å². The molecule has 0 bridgehead atoms. The number of pyridine rings is 1. The Bertz CT molecular complexity index is 642. The molecule has 0 fully saturated rings. The van der Waals surface area contributed by atoms with Crippen LogP contribution < -0.4 is 10.6 Å². The van der Waals surface area contributed by atoms with Crippen molar-refractivity contribution in [2.75, 3.05) is 11.4 Å². The van der Waals surface area contributed by atoms with Gasteiger partial charge in [-0.3, -0.25) is 4.79 Å². The van der Waals surface area contributed by atoms with Gasteiger partial charge in [-0.15, -0.1) is 0 Å². The number of rotatable bonds is 1. The predicted octanol–water partition coefficient (Wildman–Crippen LogP) is 1.75. The lowest BCUT2D eigenvalue weighted by Crippen LogP contribution is -2.46. The number of aromatic nitrogens is 1. The van der Waals surface area contributed by atoms with Crippen LogP contribution in [0.15, 0.2) is 42.6 Å². The summed E-state index contributed by atoms with van der Waals surface area (Å²) in [5, 5.41) is 0. The molecule has 1 unspecified atom stereocenters. The molecule has 0 aliphatic carbocycles. The third kappa shape index (κ3) is 2.28. The molecule has 102 valence electrons. The number of halogens is 1. The molecule has 2 heterocycles. The van der Waals surface area contributed by atoms with Gasteiger partial charge in [0.1, 0.15) is 11.5 Å². The Kier molecular flexibility index (Phi) is 3.20. The van der Waals surface area contributed by atoms with E-state index >= 15 is 0 Å². The van der Waals surface area contributed by atoms with Crippen LogP contribution in [-0.2, 0) is 6.42 Å². The topological polar surface area (TPSA) is 59.2 Å². The normalized spacial score (nSPS) is 17.7. The summed E-state index contributed by atoms with van der Waals surface area (Å²) in [4.78, 5) is 18.0. The van der Waals surface area contributed by atoms with E-state index in [1.54, 1.807) is 4.90 Å². The predicted molar refractivity (Wildman–Crippen MR) is 74.0 cm³/mol. The zero-order chi connectivity index (χ0) is 14.1. The zero-order valence-corrected chi connectivity index (χ0v) is 10.8. The number of nitrogens with zero attached hydrogens (tertiary/aromatic N) is 2. The Balaban J connectivity index is 1.97. The second kappa shape index (κ2) is 5.02. The number of para-hydroxylation sites is 1. The molecule has 0 saturated heterocycles. The van der Waals surface area contributed by atoms with E-state index in [2.05, 4.69) is 4.98 Å². The average molecular weight is 271 g/mol. The smallest absolute Gasteiger partial charge is 0.276 e. The molecule has 1 aromatic heterocycles. The van der Waals surface area contributed by atoms with E-state index in [0.29, 0.717) is 6.54 Å². The Morgan fingerprint density at radius 2 is 2.10 bits per heavy atom. The summed E-state index contributed by atoms with van der Waals surface area (Å²) in [7, 11) is 0. The van der Waals surface area contributed by atoms with E-state index in [1.165, 1.54) is 12.1 Å². The lowest BCUT2D eigenvalue weighted by Gasteiger charge is -2.32.